The molecule has 0 unspecified atom stereocenters. The summed E-state index contributed by atoms with van der Waals surface area (Å²) in [6, 6.07) is 1.86. The monoisotopic (exact) mass is 317 g/mol. The van der Waals surface area contributed by atoms with E-state index in [1.807, 2.05) is 20.0 Å². The van der Waals surface area contributed by atoms with Crippen LogP contribution in [0.1, 0.15) is 32.1 Å². The normalized spacial score (nSPS) is 18.0. The van der Waals surface area contributed by atoms with Crippen LogP contribution < -0.4 is 10.2 Å². The maximum atomic E-state index is 12.3. The molecule has 3 heterocycles. The van der Waals surface area contributed by atoms with E-state index in [0.29, 0.717) is 18.1 Å². The Labute approximate surface area is 133 Å². The summed E-state index contributed by atoms with van der Waals surface area (Å²) in [5, 5.41) is 10.6. The second kappa shape index (κ2) is 5.86. The van der Waals surface area contributed by atoms with Gasteiger partial charge in [0, 0.05) is 31.3 Å². The summed E-state index contributed by atoms with van der Waals surface area (Å²) in [5.41, 5.74) is 0.719. The standard InChI is InChI=1S/C15H19N5O3/c1-9(2)20-8-12(6-16-20)19-7-11(5-14(19)21)15(22)17-13-4-10(3)23-18-13/h4,6,8-9,11H,5,7H2,1-3H3,(H,17,18,22)/t11-/m0/s1. The molecule has 1 N–H and O–H groups in total. The van der Waals surface area contributed by atoms with Gasteiger partial charge >= 0.3 is 0 Å². The van der Waals surface area contributed by atoms with E-state index in [9.17, 15) is 9.59 Å². The maximum absolute atomic E-state index is 12.3. The lowest BCUT2D eigenvalue weighted by Crippen LogP contribution is -2.28. The van der Waals surface area contributed by atoms with Gasteiger partial charge < -0.3 is 14.7 Å². The number of carbonyl (C=O) groups is 2. The maximum Gasteiger partial charge on any atom is 0.231 e. The summed E-state index contributed by atoms with van der Waals surface area (Å²) >= 11 is 0. The Morgan fingerprint density at radius 3 is 2.87 bits per heavy atom. The predicted octanol–water partition coefficient (Wildman–Crippen LogP) is 1.75. The number of hydrogen-bond acceptors (Lipinski definition) is 5. The number of amides is 2. The van der Waals surface area contributed by atoms with Crippen LogP contribution in [0.4, 0.5) is 11.5 Å². The van der Waals surface area contributed by atoms with Gasteiger partial charge in [-0.25, -0.2) is 0 Å². The molecule has 2 aromatic heterocycles. The van der Waals surface area contributed by atoms with Gasteiger partial charge in [-0.2, -0.15) is 5.10 Å². The summed E-state index contributed by atoms with van der Waals surface area (Å²) in [5.74, 6) is 0.258. The van der Waals surface area contributed by atoms with Gasteiger partial charge in [-0.3, -0.25) is 14.3 Å². The summed E-state index contributed by atoms with van der Waals surface area (Å²) < 4.78 is 6.70. The SMILES string of the molecule is Cc1cc(NC(=O)[C@H]2CC(=O)N(c3cnn(C(C)C)c3)C2)no1. The molecule has 2 amide bonds. The number of nitrogens with one attached hydrogen (secondary N) is 1. The fourth-order valence-electron chi connectivity index (χ4n) is 2.54. The molecule has 0 saturated carbocycles. The van der Waals surface area contributed by atoms with Gasteiger partial charge in [0.05, 0.1) is 17.8 Å². The minimum atomic E-state index is -0.415. The largest absolute Gasteiger partial charge is 0.360 e. The van der Waals surface area contributed by atoms with Gasteiger partial charge in [0.25, 0.3) is 0 Å². The van der Waals surface area contributed by atoms with Gasteiger partial charge in [0.2, 0.25) is 11.8 Å². The second-order valence-corrected chi connectivity index (χ2v) is 5.99. The molecular formula is C15H19N5O3. The molecule has 1 fully saturated rings. The van der Waals surface area contributed by atoms with Crippen molar-refractivity contribution in [2.24, 2.45) is 5.92 Å². The smallest absolute Gasteiger partial charge is 0.231 e. The molecule has 0 bridgehead atoms. The number of nitrogens with zero attached hydrogens (tertiary/aromatic N) is 4. The molecule has 0 aromatic carbocycles. The number of aromatic nitrogens is 3. The van der Waals surface area contributed by atoms with Gasteiger partial charge in [-0.05, 0) is 20.8 Å². The quantitative estimate of drug-likeness (QED) is 0.927. The second-order valence-electron chi connectivity index (χ2n) is 5.99. The zero-order valence-corrected chi connectivity index (χ0v) is 13.3. The van der Waals surface area contributed by atoms with E-state index in [-0.39, 0.29) is 24.3 Å². The highest BCUT2D eigenvalue weighted by Gasteiger charge is 2.36. The first-order valence-corrected chi connectivity index (χ1v) is 7.52. The first-order valence-electron chi connectivity index (χ1n) is 7.52. The lowest BCUT2D eigenvalue weighted by atomic mass is 10.1. The van der Waals surface area contributed by atoms with E-state index >= 15 is 0 Å². The molecule has 1 aliphatic heterocycles. The third-order valence-electron chi connectivity index (χ3n) is 3.80. The van der Waals surface area contributed by atoms with Crippen molar-refractivity contribution >= 4 is 23.3 Å². The average molecular weight is 317 g/mol. The summed E-state index contributed by atoms with van der Waals surface area (Å²) in [4.78, 5) is 26.1. The first-order chi connectivity index (χ1) is 10.9. The zero-order valence-electron chi connectivity index (χ0n) is 13.3. The van der Waals surface area contributed by atoms with Crippen LogP contribution in [0.5, 0.6) is 0 Å². The Morgan fingerprint density at radius 2 is 2.26 bits per heavy atom. The van der Waals surface area contributed by atoms with Gasteiger partial charge in [-0.1, -0.05) is 5.16 Å². The Kier molecular flexibility index (Phi) is 3.89. The van der Waals surface area contributed by atoms with E-state index in [2.05, 4.69) is 15.6 Å². The molecule has 8 heteroatoms. The van der Waals surface area contributed by atoms with Crippen LogP contribution in [0.25, 0.3) is 0 Å². The predicted molar refractivity (Wildman–Crippen MR) is 82.9 cm³/mol. The topological polar surface area (TPSA) is 93.3 Å². The number of aryl methyl sites for hydroxylation is 1. The molecule has 122 valence electrons. The third-order valence-corrected chi connectivity index (χ3v) is 3.80. The number of anilines is 2. The highest BCUT2D eigenvalue weighted by atomic mass is 16.5. The van der Waals surface area contributed by atoms with Crippen molar-refractivity contribution < 1.29 is 14.1 Å². The van der Waals surface area contributed by atoms with Crippen LogP contribution in [0.2, 0.25) is 0 Å². The number of hydrogen-bond donors (Lipinski definition) is 1. The van der Waals surface area contributed by atoms with Crippen LogP contribution >= 0.6 is 0 Å². The van der Waals surface area contributed by atoms with Gasteiger partial charge in [0.1, 0.15) is 5.76 Å². The fourth-order valence-corrected chi connectivity index (χ4v) is 2.54. The van der Waals surface area contributed by atoms with Crippen LogP contribution in [0.3, 0.4) is 0 Å². The van der Waals surface area contributed by atoms with Crippen molar-refractivity contribution in [1.29, 1.82) is 0 Å². The van der Waals surface area contributed by atoms with E-state index in [0.717, 1.165) is 5.69 Å². The van der Waals surface area contributed by atoms with Crippen molar-refractivity contribution in [3.05, 3.63) is 24.2 Å². The third kappa shape index (κ3) is 3.10. The summed E-state index contributed by atoms with van der Waals surface area (Å²) in [6.45, 7) is 6.11. The number of carbonyl (C=O) groups excluding carboxylic acids is 2. The molecular weight excluding hydrogens is 298 g/mol. The zero-order chi connectivity index (χ0) is 16.6. The molecule has 8 nitrogen and oxygen atoms in total. The average Bonchev–Trinajstić information content (AvgIpc) is 3.18. The Morgan fingerprint density at radius 1 is 1.48 bits per heavy atom. The molecule has 0 spiro atoms. The lowest BCUT2D eigenvalue weighted by Gasteiger charge is -2.14. The molecule has 2 aromatic rings. The minimum Gasteiger partial charge on any atom is -0.360 e. The van der Waals surface area contributed by atoms with Crippen molar-refractivity contribution in [3.8, 4) is 0 Å². The Bertz CT molecular complexity index is 733. The van der Waals surface area contributed by atoms with Crippen LogP contribution in [-0.4, -0.2) is 33.3 Å². The van der Waals surface area contributed by atoms with Crippen molar-refractivity contribution in [1.82, 2.24) is 14.9 Å². The van der Waals surface area contributed by atoms with Crippen LogP contribution in [0, 0.1) is 12.8 Å². The molecule has 1 atom stereocenters. The van der Waals surface area contributed by atoms with Gasteiger partial charge in [-0.15, -0.1) is 0 Å². The molecule has 1 saturated heterocycles. The van der Waals surface area contributed by atoms with Crippen LogP contribution in [0.15, 0.2) is 23.0 Å². The van der Waals surface area contributed by atoms with Crippen molar-refractivity contribution in [3.63, 3.8) is 0 Å². The molecule has 3 rings (SSSR count). The molecule has 1 aliphatic rings. The summed E-state index contributed by atoms with van der Waals surface area (Å²) in [6.07, 6.45) is 3.65. The minimum absolute atomic E-state index is 0.0789. The molecule has 0 aliphatic carbocycles. The van der Waals surface area contributed by atoms with Crippen LogP contribution in [-0.2, 0) is 9.59 Å². The Balaban J connectivity index is 1.67. The highest BCUT2D eigenvalue weighted by molar-refractivity contribution is 6.03. The lowest BCUT2D eigenvalue weighted by molar-refractivity contribution is -0.122. The van der Waals surface area contributed by atoms with E-state index in [1.54, 1.807) is 28.8 Å². The highest BCUT2D eigenvalue weighted by Crippen LogP contribution is 2.26. The van der Waals surface area contributed by atoms with Crippen molar-refractivity contribution in [2.45, 2.75) is 33.2 Å². The fraction of sp³-hybridized carbons (Fsp3) is 0.467. The number of rotatable bonds is 4. The van der Waals surface area contributed by atoms with E-state index < -0.39 is 5.92 Å². The van der Waals surface area contributed by atoms with Crippen molar-refractivity contribution in [2.75, 3.05) is 16.8 Å². The first kappa shape index (κ1) is 15.3. The van der Waals surface area contributed by atoms with E-state index in [4.69, 9.17) is 4.52 Å². The van der Waals surface area contributed by atoms with Gasteiger partial charge in [0.15, 0.2) is 5.82 Å². The molecule has 23 heavy (non-hydrogen) atoms. The van der Waals surface area contributed by atoms with E-state index in [1.165, 1.54) is 0 Å². The summed E-state index contributed by atoms with van der Waals surface area (Å²) in [7, 11) is 0. The molecule has 0 radical (unpaired) electrons. The Hall–Kier alpha value is -2.64.